The molecule has 37 heavy (non-hydrogen) atoms. The molecule has 0 spiro atoms. The Hall–Kier alpha value is -4.21. The lowest BCUT2D eigenvalue weighted by Crippen LogP contribution is -2.52. The zero-order chi connectivity index (χ0) is 25.7. The summed E-state index contributed by atoms with van der Waals surface area (Å²) < 4.78 is 13.6. The first-order valence-corrected chi connectivity index (χ1v) is 12.0. The highest BCUT2D eigenvalue weighted by atomic mass is 35.5. The third-order valence-electron chi connectivity index (χ3n) is 6.61. The molecule has 4 N–H and O–H groups in total. The molecule has 0 unspecified atom stereocenters. The molecule has 6 rings (SSSR count). The molecule has 0 aliphatic carbocycles. The molecule has 1 aliphatic heterocycles. The molecule has 3 aromatic carbocycles. The van der Waals surface area contributed by atoms with Crippen molar-refractivity contribution in [3.8, 4) is 11.5 Å². The quantitative estimate of drug-likeness (QED) is 0.260. The van der Waals surface area contributed by atoms with Gasteiger partial charge in [0.25, 0.3) is 11.8 Å². The predicted molar refractivity (Wildman–Crippen MR) is 139 cm³/mol. The maximum Gasteiger partial charge on any atom is 0.268 e. The topological polar surface area (TPSA) is 114 Å². The molecule has 2 aromatic heterocycles. The third-order valence-corrected chi connectivity index (χ3v) is 6.83. The van der Waals surface area contributed by atoms with Gasteiger partial charge in [0, 0.05) is 41.1 Å². The normalized spacial score (nSPS) is 17.7. The fourth-order valence-electron chi connectivity index (χ4n) is 4.70. The van der Waals surface area contributed by atoms with Crippen LogP contribution in [0.25, 0.3) is 33.5 Å². The van der Waals surface area contributed by atoms with Crippen LogP contribution >= 0.6 is 11.6 Å². The van der Waals surface area contributed by atoms with Crippen molar-refractivity contribution in [3.05, 3.63) is 83.1 Å². The van der Waals surface area contributed by atoms with E-state index < -0.39 is 23.2 Å². The summed E-state index contributed by atoms with van der Waals surface area (Å²) in [5.41, 5.74) is 2.20. The van der Waals surface area contributed by atoms with Crippen LogP contribution in [0.3, 0.4) is 0 Å². The number of imidazole rings is 1. The molecule has 3 heterocycles. The van der Waals surface area contributed by atoms with E-state index in [1.54, 1.807) is 6.07 Å². The van der Waals surface area contributed by atoms with Crippen LogP contribution in [-0.2, 0) is 16.1 Å². The molecule has 1 saturated heterocycles. The number of fused-ring (bicyclic) bond motifs is 2. The number of halogens is 2. The SMILES string of the molecule is O=C(NCc1cc(F)cc(Cl)c1)[C@@]1(O)CCN(c2ccc3[nH]c(-c4nc5ccccc5[nH]4)cc3c2)C1=O. The van der Waals surface area contributed by atoms with E-state index in [9.17, 15) is 19.1 Å². The first kappa shape index (κ1) is 23.2. The number of carbonyl (C=O) groups excluding carboxylic acids is 2. The van der Waals surface area contributed by atoms with Crippen molar-refractivity contribution >= 4 is 51.0 Å². The number of nitrogens with zero attached hydrogens (tertiary/aromatic N) is 2. The summed E-state index contributed by atoms with van der Waals surface area (Å²) in [6.45, 7) is 0.0900. The van der Waals surface area contributed by atoms with Gasteiger partial charge in [-0.1, -0.05) is 23.7 Å². The molecule has 5 aromatic rings. The Kier molecular flexibility index (Phi) is 5.47. The molecule has 1 aliphatic rings. The molecule has 1 atom stereocenters. The Morgan fingerprint density at radius 2 is 1.95 bits per heavy atom. The zero-order valence-electron chi connectivity index (χ0n) is 19.4. The second kappa shape index (κ2) is 8.72. The van der Waals surface area contributed by atoms with Crippen LogP contribution in [0.4, 0.5) is 10.1 Å². The van der Waals surface area contributed by atoms with Crippen molar-refractivity contribution in [1.82, 2.24) is 20.3 Å². The summed E-state index contributed by atoms with van der Waals surface area (Å²) in [6, 6.07) is 19.0. The smallest absolute Gasteiger partial charge is 0.268 e. The summed E-state index contributed by atoms with van der Waals surface area (Å²) in [5.74, 6) is -1.39. The number of aliphatic hydroxyl groups is 1. The highest BCUT2D eigenvalue weighted by Gasteiger charge is 2.51. The minimum Gasteiger partial charge on any atom is -0.372 e. The van der Waals surface area contributed by atoms with E-state index in [0.717, 1.165) is 33.7 Å². The van der Waals surface area contributed by atoms with Gasteiger partial charge in [0.1, 0.15) is 5.82 Å². The Balaban J connectivity index is 1.21. The van der Waals surface area contributed by atoms with Crippen LogP contribution in [0.1, 0.15) is 12.0 Å². The van der Waals surface area contributed by atoms with Gasteiger partial charge >= 0.3 is 0 Å². The minimum atomic E-state index is -2.22. The number of hydrogen-bond donors (Lipinski definition) is 4. The first-order valence-electron chi connectivity index (χ1n) is 11.7. The second-order valence-electron chi connectivity index (χ2n) is 9.08. The molecule has 2 amide bonds. The number of anilines is 1. The van der Waals surface area contributed by atoms with E-state index in [1.807, 2.05) is 42.5 Å². The minimum absolute atomic E-state index is 0.0724. The zero-order valence-corrected chi connectivity index (χ0v) is 20.1. The largest absolute Gasteiger partial charge is 0.372 e. The molecule has 186 valence electrons. The molecular weight excluding hydrogens is 497 g/mol. The Morgan fingerprint density at radius 3 is 2.76 bits per heavy atom. The number of rotatable bonds is 5. The number of nitrogens with one attached hydrogen (secondary N) is 3. The molecule has 10 heteroatoms. The number of para-hydroxylation sites is 2. The van der Waals surface area contributed by atoms with E-state index in [4.69, 9.17) is 11.6 Å². The van der Waals surface area contributed by atoms with Crippen LogP contribution < -0.4 is 10.2 Å². The van der Waals surface area contributed by atoms with Gasteiger partial charge in [-0.25, -0.2) is 9.37 Å². The van der Waals surface area contributed by atoms with Gasteiger partial charge in [0.05, 0.1) is 16.7 Å². The van der Waals surface area contributed by atoms with Crippen molar-refractivity contribution in [2.45, 2.75) is 18.6 Å². The Bertz CT molecular complexity index is 1640. The van der Waals surface area contributed by atoms with Gasteiger partial charge in [-0.05, 0) is 60.2 Å². The van der Waals surface area contributed by atoms with Gasteiger partial charge in [-0.2, -0.15) is 0 Å². The van der Waals surface area contributed by atoms with Gasteiger partial charge in [0.2, 0.25) is 5.60 Å². The molecule has 8 nitrogen and oxygen atoms in total. The maximum absolute atomic E-state index is 13.6. The monoisotopic (exact) mass is 517 g/mol. The fourth-order valence-corrected chi connectivity index (χ4v) is 4.94. The van der Waals surface area contributed by atoms with Crippen LogP contribution in [0.2, 0.25) is 5.02 Å². The van der Waals surface area contributed by atoms with E-state index in [1.165, 1.54) is 17.0 Å². The number of carbonyl (C=O) groups is 2. The predicted octanol–water partition coefficient (Wildman–Crippen LogP) is 4.29. The van der Waals surface area contributed by atoms with Gasteiger partial charge < -0.3 is 25.3 Å². The van der Waals surface area contributed by atoms with Crippen molar-refractivity contribution in [2.24, 2.45) is 0 Å². The third kappa shape index (κ3) is 4.12. The summed E-state index contributed by atoms with van der Waals surface area (Å²) in [5, 5.41) is 14.5. The van der Waals surface area contributed by atoms with Gasteiger partial charge in [-0.3, -0.25) is 9.59 Å². The lowest BCUT2D eigenvalue weighted by Gasteiger charge is -2.22. The summed E-state index contributed by atoms with van der Waals surface area (Å²) in [4.78, 5) is 38.6. The lowest BCUT2D eigenvalue weighted by molar-refractivity contribution is -0.149. The number of H-pyrrole nitrogens is 2. The highest BCUT2D eigenvalue weighted by Crippen LogP contribution is 2.32. The van der Waals surface area contributed by atoms with E-state index >= 15 is 0 Å². The van der Waals surface area contributed by atoms with Crippen LogP contribution in [-0.4, -0.2) is 44.0 Å². The van der Waals surface area contributed by atoms with Crippen LogP contribution in [0, 0.1) is 5.82 Å². The fraction of sp³-hybridized carbons (Fsp3) is 0.148. The highest BCUT2D eigenvalue weighted by molar-refractivity contribution is 6.30. The summed E-state index contributed by atoms with van der Waals surface area (Å²) in [7, 11) is 0. The standard InChI is InChI=1S/C27H21ClFN5O3/c28-17-9-15(10-18(29)13-17)14-30-25(35)27(37)7-8-34(26(27)36)19-5-6-20-16(11-19)12-23(31-20)24-32-21-3-1-2-4-22(21)33-24/h1-6,9-13,31,37H,7-8,14H2,(H,30,35)(H,32,33)/t27-/m0/s1. The van der Waals surface area contributed by atoms with Crippen molar-refractivity contribution < 1.29 is 19.1 Å². The molecular formula is C27H21ClFN5O3. The summed E-state index contributed by atoms with van der Waals surface area (Å²) >= 11 is 5.86. The van der Waals surface area contributed by atoms with Gasteiger partial charge in [-0.15, -0.1) is 0 Å². The maximum atomic E-state index is 13.6. The number of aromatic nitrogens is 3. The first-order chi connectivity index (χ1) is 17.8. The number of amides is 2. The van der Waals surface area contributed by atoms with Crippen molar-refractivity contribution in [1.29, 1.82) is 0 Å². The Morgan fingerprint density at radius 1 is 1.11 bits per heavy atom. The molecule has 0 radical (unpaired) electrons. The number of benzene rings is 3. The van der Waals surface area contributed by atoms with Crippen LogP contribution in [0.15, 0.2) is 66.7 Å². The lowest BCUT2D eigenvalue weighted by atomic mass is 10.0. The Labute approximate surface area is 215 Å². The molecule has 0 bridgehead atoms. The van der Waals surface area contributed by atoms with Gasteiger partial charge in [0.15, 0.2) is 5.82 Å². The van der Waals surface area contributed by atoms with Crippen LogP contribution in [0.5, 0.6) is 0 Å². The number of hydrogen-bond acceptors (Lipinski definition) is 4. The van der Waals surface area contributed by atoms with Crippen molar-refractivity contribution in [3.63, 3.8) is 0 Å². The van der Waals surface area contributed by atoms with E-state index in [0.29, 0.717) is 17.1 Å². The van der Waals surface area contributed by atoms with Crippen molar-refractivity contribution in [2.75, 3.05) is 11.4 Å². The number of aromatic amines is 2. The molecule has 1 fully saturated rings. The van der Waals surface area contributed by atoms with E-state index in [2.05, 4.69) is 20.3 Å². The average Bonchev–Trinajstić information content (AvgIpc) is 3.57. The average molecular weight is 518 g/mol. The summed E-state index contributed by atoms with van der Waals surface area (Å²) in [6.07, 6.45) is -0.0724. The van der Waals surface area contributed by atoms with E-state index in [-0.39, 0.29) is 24.5 Å². The second-order valence-corrected chi connectivity index (χ2v) is 9.52. The molecule has 0 saturated carbocycles.